The first kappa shape index (κ1) is 15.7. The zero-order valence-corrected chi connectivity index (χ0v) is 13.6. The molecule has 0 radical (unpaired) electrons. The summed E-state index contributed by atoms with van der Waals surface area (Å²) in [5, 5.41) is 28.4. The van der Waals surface area contributed by atoms with Gasteiger partial charge in [0.05, 0.1) is 8.59 Å². The fraction of sp³-hybridized carbons (Fsp3) is 0. The molecule has 3 N–H and O–H groups in total. The fourth-order valence-electron chi connectivity index (χ4n) is 1.65. The maximum Gasteiger partial charge on any atom is 0.155 e. The van der Waals surface area contributed by atoms with Gasteiger partial charge in [0.25, 0.3) is 0 Å². The van der Waals surface area contributed by atoms with E-state index in [1.807, 2.05) is 28.7 Å². The van der Waals surface area contributed by atoms with Crippen molar-refractivity contribution in [2.75, 3.05) is 0 Å². The predicted octanol–water partition coefficient (Wildman–Crippen LogP) is 4.30. The minimum Gasteiger partial charge on any atom is -0.508 e. The zero-order chi connectivity index (χ0) is 15.4. The molecule has 2 aromatic carbocycles. The van der Waals surface area contributed by atoms with E-state index in [-0.39, 0.29) is 17.2 Å². The lowest BCUT2D eigenvalue weighted by atomic mass is 10.2. The van der Waals surface area contributed by atoms with Crippen LogP contribution in [0.5, 0.6) is 17.2 Å². The third-order valence-electron chi connectivity index (χ3n) is 2.60. The van der Waals surface area contributed by atoms with Crippen molar-refractivity contribution in [1.29, 1.82) is 0 Å². The average Bonchev–Trinajstić information content (AvgIpc) is 2.45. The van der Waals surface area contributed by atoms with E-state index in [9.17, 15) is 5.11 Å². The Labute approximate surface area is 139 Å². The first-order chi connectivity index (χ1) is 9.99. The molecule has 108 valence electrons. The van der Waals surface area contributed by atoms with E-state index in [2.05, 4.69) is 4.98 Å². The van der Waals surface area contributed by atoms with Crippen LogP contribution in [0.25, 0.3) is 10.9 Å². The van der Waals surface area contributed by atoms with Crippen molar-refractivity contribution in [3.05, 3.63) is 57.3 Å². The van der Waals surface area contributed by atoms with Crippen LogP contribution in [0.1, 0.15) is 0 Å². The lowest BCUT2D eigenvalue weighted by Crippen LogP contribution is -1.83. The number of aromatic hydroxyl groups is 3. The molecule has 4 nitrogen and oxygen atoms in total. The molecule has 1 aromatic heterocycles. The van der Waals surface area contributed by atoms with Gasteiger partial charge in [0, 0.05) is 17.6 Å². The third kappa shape index (κ3) is 3.89. The number of halogens is 2. The lowest BCUT2D eigenvalue weighted by Gasteiger charge is -2.03. The number of pyridine rings is 1. The van der Waals surface area contributed by atoms with Gasteiger partial charge in [-0.25, -0.2) is 0 Å². The number of benzene rings is 2. The quantitative estimate of drug-likeness (QED) is 0.479. The van der Waals surface area contributed by atoms with Crippen LogP contribution >= 0.6 is 34.2 Å². The predicted molar refractivity (Wildman–Crippen MR) is 90.9 cm³/mol. The van der Waals surface area contributed by atoms with Crippen molar-refractivity contribution < 1.29 is 15.3 Å². The van der Waals surface area contributed by atoms with E-state index in [4.69, 9.17) is 21.8 Å². The molecule has 3 rings (SSSR count). The van der Waals surface area contributed by atoms with Gasteiger partial charge in [0.1, 0.15) is 17.0 Å². The van der Waals surface area contributed by atoms with Crippen LogP contribution in [0.15, 0.2) is 48.7 Å². The van der Waals surface area contributed by atoms with Crippen molar-refractivity contribution in [1.82, 2.24) is 4.98 Å². The van der Waals surface area contributed by atoms with Gasteiger partial charge in [-0.3, -0.25) is 4.98 Å². The van der Waals surface area contributed by atoms with Crippen LogP contribution in [0.3, 0.4) is 0 Å². The maximum atomic E-state index is 9.65. The van der Waals surface area contributed by atoms with Crippen molar-refractivity contribution >= 4 is 45.1 Å². The van der Waals surface area contributed by atoms with Crippen LogP contribution in [0, 0.1) is 3.57 Å². The van der Waals surface area contributed by atoms with Gasteiger partial charge in [0.2, 0.25) is 0 Å². The van der Waals surface area contributed by atoms with Crippen LogP contribution in [0.2, 0.25) is 5.02 Å². The summed E-state index contributed by atoms with van der Waals surface area (Å²) in [7, 11) is 0. The minimum absolute atomic E-state index is 0.0880. The zero-order valence-electron chi connectivity index (χ0n) is 10.7. The van der Waals surface area contributed by atoms with Gasteiger partial charge in [-0.05, 0) is 52.9 Å². The minimum atomic E-state index is 0.0880. The Bertz CT molecular complexity index is 763. The number of rotatable bonds is 0. The summed E-state index contributed by atoms with van der Waals surface area (Å²) in [4.78, 5) is 4.06. The number of hydrogen-bond acceptors (Lipinski definition) is 4. The largest absolute Gasteiger partial charge is 0.508 e. The van der Waals surface area contributed by atoms with Crippen molar-refractivity contribution in [2.45, 2.75) is 0 Å². The van der Waals surface area contributed by atoms with E-state index < -0.39 is 0 Å². The number of fused-ring (bicyclic) bond motifs is 1. The normalized spacial score (nSPS) is 10.0. The smallest absolute Gasteiger partial charge is 0.155 e. The SMILES string of the molecule is Oc1c(I)cc(Cl)c2cccnc12.Oc1cccc(O)c1. The molecule has 6 heteroatoms. The molecule has 0 atom stereocenters. The second-order valence-electron chi connectivity index (χ2n) is 4.11. The Morgan fingerprint density at radius 3 is 2.19 bits per heavy atom. The number of aromatic nitrogens is 1. The number of phenolic OH excluding ortho intramolecular Hbond substituents is 3. The van der Waals surface area contributed by atoms with Crippen LogP contribution in [-0.2, 0) is 0 Å². The second kappa shape index (κ2) is 6.82. The summed E-state index contributed by atoms with van der Waals surface area (Å²) in [6, 6.07) is 11.2. The Kier molecular flexibility index (Phi) is 5.08. The number of phenols is 3. The van der Waals surface area contributed by atoms with Crippen molar-refractivity contribution in [3.63, 3.8) is 0 Å². The molecular weight excluding hydrogens is 405 g/mol. The molecule has 0 saturated heterocycles. The molecule has 0 saturated carbocycles. The molecule has 0 unspecified atom stereocenters. The summed E-state index contributed by atoms with van der Waals surface area (Å²) < 4.78 is 0.716. The van der Waals surface area contributed by atoms with Crippen LogP contribution in [0.4, 0.5) is 0 Å². The van der Waals surface area contributed by atoms with Crippen LogP contribution < -0.4 is 0 Å². The highest BCUT2D eigenvalue weighted by Gasteiger charge is 2.08. The van der Waals surface area contributed by atoms with Gasteiger partial charge in [-0.2, -0.15) is 0 Å². The highest BCUT2D eigenvalue weighted by molar-refractivity contribution is 14.1. The van der Waals surface area contributed by atoms with Gasteiger partial charge in [0.15, 0.2) is 5.75 Å². The summed E-state index contributed by atoms with van der Waals surface area (Å²) in [5.41, 5.74) is 0.555. The second-order valence-corrected chi connectivity index (χ2v) is 5.68. The Morgan fingerprint density at radius 2 is 1.62 bits per heavy atom. The average molecular weight is 416 g/mol. The molecule has 21 heavy (non-hydrogen) atoms. The summed E-state index contributed by atoms with van der Waals surface area (Å²) >= 11 is 8.00. The fourth-order valence-corrected chi connectivity index (χ4v) is 2.66. The van der Waals surface area contributed by atoms with E-state index in [0.717, 1.165) is 5.39 Å². The maximum absolute atomic E-state index is 9.65. The summed E-state index contributed by atoms with van der Waals surface area (Å²) in [6.45, 7) is 0. The molecule has 0 aliphatic carbocycles. The Balaban J connectivity index is 0.000000173. The van der Waals surface area contributed by atoms with E-state index in [1.165, 1.54) is 18.2 Å². The van der Waals surface area contributed by atoms with E-state index >= 15 is 0 Å². The van der Waals surface area contributed by atoms with Gasteiger partial charge >= 0.3 is 0 Å². The van der Waals surface area contributed by atoms with Gasteiger partial charge in [-0.1, -0.05) is 17.7 Å². The molecule has 0 amide bonds. The first-order valence-corrected chi connectivity index (χ1v) is 7.34. The van der Waals surface area contributed by atoms with Crippen molar-refractivity contribution in [2.24, 2.45) is 0 Å². The molecular formula is C15H11ClINO3. The highest BCUT2D eigenvalue weighted by atomic mass is 127. The lowest BCUT2D eigenvalue weighted by molar-refractivity contribution is 0.450. The highest BCUT2D eigenvalue weighted by Crippen LogP contribution is 2.33. The number of hydrogen-bond donors (Lipinski definition) is 3. The van der Waals surface area contributed by atoms with Gasteiger partial charge < -0.3 is 15.3 Å². The molecule has 3 aromatic rings. The Morgan fingerprint density at radius 1 is 0.952 bits per heavy atom. The Hall–Kier alpha value is -1.73. The number of nitrogens with zero attached hydrogens (tertiary/aromatic N) is 1. The molecule has 0 spiro atoms. The topological polar surface area (TPSA) is 73.6 Å². The monoisotopic (exact) mass is 415 g/mol. The standard InChI is InChI=1S/C9H5ClINO.C6H6O2/c10-6-4-7(11)9(13)8-5(6)2-1-3-12-8;7-5-2-1-3-6(8)4-5/h1-4,13H;1-4,7-8H. The van der Waals surface area contributed by atoms with Gasteiger partial charge in [-0.15, -0.1) is 0 Å². The first-order valence-electron chi connectivity index (χ1n) is 5.88. The third-order valence-corrected chi connectivity index (χ3v) is 3.73. The molecule has 0 aliphatic rings. The summed E-state index contributed by atoms with van der Waals surface area (Å²) in [5.74, 6) is 0.371. The molecule has 0 bridgehead atoms. The molecule has 1 heterocycles. The molecule has 0 aliphatic heterocycles. The summed E-state index contributed by atoms with van der Waals surface area (Å²) in [6.07, 6.45) is 1.63. The van der Waals surface area contributed by atoms with Crippen molar-refractivity contribution in [3.8, 4) is 17.2 Å². The molecule has 0 fully saturated rings. The van der Waals surface area contributed by atoms with Crippen LogP contribution in [-0.4, -0.2) is 20.3 Å². The van der Waals surface area contributed by atoms with E-state index in [0.29, 0.717) is 14.1 Å². The van der Waals surface area contributed by atoms with E-state index in [1.54, 1.807) is 24.4 Å².